The van der Waals surface area contributed by atoms with E-state index < -0.39 is 0 Å². The fourth-order valence-electron chi connectivity index (χ4n) is 1.45. The molecule has 2 rings (SSSR count). The van der Waals surface area contributed by atoms with Crippen LogP contribution in [0.15, 0.2) is 17.1 Å². The fourth-order valence-corrected chi connectivity index (χ4v) is 1.45. The second-order valence-corrected chi connectivity index (χ2v) is 3.04. The number of aromatic nitrogens is 2. The van der Waals surface area contributed by atoms with Gasteiger partial charge in [0, 0.05) is 11.9 Å². The van der Waals surface area contributed by atoms with Gasteiger partial charge in [-0.1, -0.05) is 0 Å². The van der Waals surface area contributed by atoms with Crippen molar-refractivity contribution < 1.29 is 0 Å². The molecule has 0 aromatic carbocycles. The molecule has 0 aliphatic rings. The van der Waals surface area contributed by atoms with Gasteiger partial charge in [-0.05, 0) is 25.5 Å². The number of pyridine rings is 1. The maximum Gasteiger partial charge on any atom is 0.257 e. The van der Waals surface area contributed by atoms with Crippen molar-refractivity contribution in [3.8, 4) is 0 Å². The van der Waals surface area contributed by atoms with Crippen molar-refractivity contribution in [2.24, 2.45) is 0 Å². The van der Waals surface area contributed by atoms with Gasteiger partial charge in [0.15, 0.2) is 0 Å². The Morgan fingerprint density at radius 3 is 2.83 bits per heavy atom. The molecule has 2 heterocycles. The molecule has 0 saturated heterocycles. The molecule has 0 bridgehead atoms. The molecular formula is C9H10N2O. The van der Waals surface area contributed by atoms with Crippen molar-refractivity contribution in [1.82, 2.24) is 9.97 Å². The predicted octanol–water partition coefficient (Wildman–Crippen LogP) is 1.47. The maximum absolute atomic E-state index is 11.4. The van der Waals surface area contributed by atoms with Gasteiger partial charge in [-0.25, -0.2) is 0 Å². The van der Waals surface area contributed by atoms with E-state index >= 15 is 0 Å². The van der Waals surface area contributed by atoms with Gasteiger partial charge in [0.2, 0.25) is 0 Å². The van der Waals surface area contributed by atoms with Gasteiger partial charge in [-0.15, -0.1) is 0 Å². The van der Waals surface area contributed by atoms with Crippen LogP contribution in [0.3, 0.4) is 0 Å². The Labute approximate surface area is 69.4 Å². The minimum atomic E-state index is -0.0104. The first-order valence-corrected chi connectivity index (χ1v) is 3.86. The molecule has 0 aliphatic heterocycles. The largest absolute Gasteiger partial charge is 0.361 e. The zero-order valence-corrected chi connectivity index (χ0v) is 7.06. The molecule has 2 N–H and O–H groups in total. The second kappa shape index (κ2) is 2.24. The van der Waals surface area contributed by atoms with Gasteiger partial charge < -0.3 is 9.97 Å². The zero-order valence-electron chi connectivity index (χ0n) is 7.06. The van der Waals surface area contributed by atoms with Crippen LogP contribution >= 0.6 is 0 Å². The predicted molar refractivity (Wildman–Crippen MR) is 48.4 cm³/mol. The Morgan fingerprint density at radius 2 is 2.08 bits per heavy atom. The molecule has 0 atom stereocenters. The summed E-state index contributed by atoms with van der Waals surface area (Å²) >= 11 is 0. The minimum Gasteiger partial charge on any atom is -0.361 e. The van der Waals surface area contributed by atoms with Crippen LogP contribution in [-0.2, 0) is 0 Å². The molecule has 0 fully saturated rings. The quantitative estimate of drug-likeness (QED) is 0.605. The van der Waals surface area contributed by atoms with Crippen molar-refractivity contribution in [3.63, 3.8) is 0 Å². The van der Waals surface area contributed by atoms with Crippen LogP contribution in [0.4, 0.5) is 0 Å². The standard InChI is InChI=1S/C9H10N2O/c1-5-4-10-7-3-6(2)11-9(12)8(5)7/h3-4,10H,1-2H3,(H,11,12). The summed E-state index contributed by atoms with van der Waals surface area (Å²) < 4.78 is 0. The van der Waals surface area contributed by atoms with Gasteiger partial charge in [-0.3, -0.25) is 4.79 Å². The molecule has 0 spiro atoms. The van der Waals surface area contributed by atoms with Crippen molar-refractivity contribution in [2.45, 2.75) is 13.8 Å². The second-order valence-electron chi connectivity index (χ2n) is 3.04. The number of hydrogen-bond donors (Lipinski definition) is 2. The van der Waals surface area contributed by atoms with Gasteiger partial charge in [0.05, 0.1) is 10.9 Å². The first-order chi connectivity index (χ1) is 5.68. The number of hydrogen-bond acceptors (Lipinski definition) is 1. The third kappa shape index (κ3) is 0.863. The summed E-state index contributed by atoms with van der Waals surface area (Å²) in [5.41, 5.74) is 2.78. The zero-order chi connectivity index (χ0) is 8.72. The molecule has 3 nitrogen and oxygen atoms in total. The fraction of sp³-hybridized carbons (Fsp3) is 0.222. The third-order valence-electron chi connectivity index (χ3n) is 2.01. The van der Waals surface area contributed by atoms with E-state index in [9.17, 15) is 4.79 Å². The van der Waals surface area contributed by atoms with Crippen LogP contribution in [0.25, 0.3) is 10.9 Å². The Balaban J connectivity index is 3.03. The summed E-state index contributed by atoms with van der Waals surface area (Å²) in [6, 6.07) is 1.93. The molecule has 2 aromatic heterocycles. The molecule has 3 heteroatoms. The van der Waals surface area contributed by atoms with E-state index in [0.717, 1.165) is 22.2 Å². The molecule has 0 unspecified atom stereocenters. The van der Waals surface area contributed by atoms with Crippen LogP contribution in [0, 0.1) is 13.8 Å². The molecule has 0 radical (unpaired) electrons. The summed E-state index contributed by atoms with van der Waals surface area (Å²) in [6.07, 6.45) is 1.85. The van der Waals surface area contributed by atoms with E-state index in [1.54, 1.807) is 0 Å². The van der Waals surface area contributed by atoms with E-state index in [1.165, 1.54) is 0 Å². The summed E-state index contributed by atoms with van der Waals surface area (Å²) in [4.78, 5) is 17.2. The molecule has 0 amide bonds. The smallest absolute Gasteiger partial charge is 0.257 e. The monoisotopic (exact) mass is 162 g/mol. The molecular weight excluding hydrogens is 152 g/mol. The first kappa shape index (κ1) is 7.16. The summed E-state index contributed by atoms with van der Waals surface area (Å²) in [7, 11) is 0. The molecule has 12 heavy (non-hydrogen) atoms. The van der Waals surface area contributed by atoms with E-state index in [4.69, 9.17) is 0 Å². The number of aromatic amines is 2. The van der Waals surface area contributed by atoms with Gasteiger partial charge in [0.1, 0.15) is 0 Å². The van der Waals surface area contributed by atoms with E-state index in [1.807, 2.05) is 26.1 Å². The number of fused-ring (bicyclic) bond motifs is 1. The number of nitrogens with one attached hydrogen (secondary N) is 2. The lowest BCUT2D eigenvalue weighted by atomic mass is 10.2. The van der Waals surface area contributed by atoms with Gasteiger partial charge >= 0.3 is 0 Å². The van der Waals surface area contributed by atoms with Crippen molar-refractivity contribution in [3.05, 3.63) is 33.9 Å². The Kier molecular flexibility index (Phi) is 1.33. The highest BCUT2D eigenvalue weighted by Crippen LogP contribution is 2.12. The third-order valence-corrected chi connectivity index (χ3v) is 2.01. The highest BCUT2D eigenvalue weighted by atomic mass is 16.1. The van der Waals surface area contributed by atoms with E-state index in [-0.39, 0.29) is 5.56 Å². The number of H-pyrrole nitrogens is 2. The van der Waals surface area contributed by atoms with Crippen LogP contribution in [0.5, 0.6) is 0 Å². The lowest BCUT2D eigenvalue weighted by Gasteiger charge is -1.93. The van der Waals surface area contributed by atoms with Crippen LogP contribution in [0.1, 0.15) is 11.3 Å². The first-order valence-electron chi connectivity index (χ1n) is 3.86. The van der Waals surface area contributed by atoms with Crippen LogP contribution in [-0.4, -0.2) is 9.97 Å². The molecule has 62 valence electrons. The van der Waals surface area contributed by atoms with Crippen LogP contribution < -0.4 is 5.56 Å². The highest BCUT2D eigenvalue weighted by Gasteiger charge is 2.03. The summed E-state index contributed by atoms with van der Waals surface area (Å²) in [6.45, 7) is 3.79. The maximum atomic E-state index is 11.4. The molecule has 0 saturated carbocycles. The van der Waals surface area contributed by atoms with Crippen molar-refractivity contribution in [1.29, 1.82) is 0 Å². The Morgan fingerprint density at radius 1 is 1.33 bits per heavy atom. The lowest BCUT2D eigenvalue weighted by Crippen LogP contribution is -2.06. The average Bonchev–Trinajstić information content (AvgIpc) is 2.31. The Hall–Kier alpha value is -1.51. The highest BCUT2D eigenvalue weighted by molar-refractivity contribution is 5.81. The average molecular weight is 162 g/mol. The number of aryl methyl sites for hydroxylation is 2. The lowest BCUT2D eigenvalue weighted by molar-refractivity contribution is 1.17. The Bertz CT molecular complexity index is 479. The van der Waals surface area contributed by atoms with Crippen molar-refractivity contribution >= 4 is 10.9 Å². The van der Waals surface area contributed by atoms with E-state index in [0.29, 0.717) is 0 Å². The molecule has 0 aliphatic carbocycles. The molecule has 2 aromatic rings. The van der Waals surface area contributed by atoms with Gasteiger partial charge in [0.25, 0.3) is 5.56 Å². The SMILES string of the molecule is Cc1cc2[nH]cc(C)c2c(=O)[nH]1. The van der Waals surface area contributed by atoms with E-state index in [2.05, 4.69) is 9.97 Å². The topological polar surface area (TPSA) is 48.6 Å². The minimum absolute atomic E-state index is 0.0104. The van der Waals surface area contributed by atoms with Crippen LogP contribution in [0.2, 0.25) is 0 Å². The summed E-state index contributed by atoms with van der Waals surface area (Å²) in [5.74, 6) is 0. The van der Waals surface area contributed by atoms with Crippen molar-refractivity contribution in [2.75, 3.05) is 0 Å². The normalized spacial score (nSPS) is 10.8. The van der Waals surface area contributed by atoms with Gasteiger partial charge in [-0.2, -0.15) is 0 Å². The number of rotatable bonds is 0. The summed E-state index contributed by atoms with van der Waals surface area (Å²) in [5, 5.41) is 0.764.